The molecule has 2 rings (SSSR count). The molecule has 1 heterocycles. The second kappa shape index (κ2) is 6.20. The first-order valence-electron chi connectivity index (χ1n) is 8.21. The van der Waals surface area contributed by atoms with Crippen molar-refractivity contribution in [2.75, 3.05) is 23.7 Å². The van der Waals surface area contributed by atoms with Gasteiger partial charge in [-0.15, -0.1) is 0 Å². The van der Waals surface area contributed by atoms with E-state index in [2.05, 4.69) is 57.2 Å². The van der Waals surface area contributed by atoms with Crippen molar-refractivity contribution in [3.63, 3.8) is 0 Å². The van der Waals surface area contributed by atoms with Crippen LogP contribution in [-0.2, 0) is 0 Å². The van der Waals surface area contributed by atoms with Crippen molar-refractivity contribution < 1.29 is 0 Å². The van der Waals surface area contributed by atoms with E-state index < -0.39 is 0 Å². The van der Waals surface area contributed by atoms with Crippen LogP contribution in [0.5, 0.6) is 0 Å². The van der Waals surface area contributed by atoms with Crippen molar-refractivity contribution in [3.8, 4) is 0 Å². The molecular weight excluding hydrogens is 260 g/mol. The molecule has 4 heteroatoms. The molecule has 0 radical (unpaired) electrons. The lowest BCUT2D eigenvalue weighted by Crippen LogP contribution is -2.14. The van der Waals surface area contributed by atoms with E-state index in [1.54, 1.807) is 0 Å². The maximum atomic E-state index is 4.73. The number of anilines is 2. The van der Waals surface area contributed by atoms with E-state index in [0.717, 1.165) is 48.5 Å². The Morgan fingerprint density at radius 1 is 1.19 bits per heavy atom. The Labute approximate surface area is 129 Å². The Bertz CT molecular complexity index is 494. The summed E-state index contributed by atoms with van der Waals surface area (Å²) in [5.41, 5.74) is 1.63. The summed E-state index contributed by atoms with van der Waals surface area (Å²) in [6.45, 7) is 15.2. The highest BCUT2D eigenvalue weighted by atomic mass is 15.1. The third-order valence-corrected chi connectivity index (χ3v) is 4.46. The number of aromatic nitrogens is 2. The number of nitrogens with one attached hydrogen (secondary N) is 2. The Kier molecular flexibility index (Phi) is 4.74. The van der Waals surface area contributed by atoms with Gasteiger partial charge < -0.3 is 10.6 Å². The number of hydrogen-bond acceptors (Lipinski definition) is 4. The molecule has 0 amide bonds. The Balaban J connectivity index is 2.15. The third kappa shape index (κ3) is 3.86. The fourth-order valence-electron chi connectivity index (χ4n) is 2.52. The summed E-state index contributed by atoms with van der Waals surface area (Å²) in [7, 11) is 0. The lowest BCUT2D eigenvalue weighted by molar-refractivity contribution is 0.572. The van der Waals surface area contributed by atoms with Crippen LogP contribution in [0.4, 0.5) is 11.6 Å². The monoisotopic (exact) mass is 290 g/mol. The third-order valence-electron chi connectivity index (χ3n) is 4.46. The molecule has 1 aliphatic rings. The largest absolute Gasteiger partial charge is 0.370 e. The van der Waals surface area contributed by atoms with Crippen LogP contribution < -0.4 is 10.6 Å². The van der Waals surface area contributed by atoms with E-state index in [1.807, 2.05) is 0 Å². The van der Waals surface area contributed by atoms with E-state index in [-0.39, 0.29) is 0 Å². The predicted octanol–water partition coefficient (Wildman–Crippen LogP) is 4.19. The first kappa shape index (κ1) is 16.1. The summed E-state index contributed by atoms with van der Waals surface area (Å²) in [6, 6.07) is 0. The topological polar surface area (TPSA) is 49.8 Å². The number of nitrogens with zero attached hydrogens (tertiary/aromatic N) is 2. The second-order valence-corrected chi connectivity index (χ2v) is 7.26. The second-order valence-electron chi connectivity index (χ2n) is 7.26. The molecule has 0 aliphatic heterocycles. The van der Waals surface area contributed by atoms with Gasteiger partial charge in [0.25, 0.3) is 0 Å². The average Bonchev–Trinajstić information content (AvgIpc) is 3.03. The molecule has 1 saturated carbocycles. The van der Waals surface area contributed by atoms with Crippen molar-refractivity contribution in [2.24, 2.45) is 11.3 Å². The summed E-state index contributed by atoms with van der Waals surface area (Å²) in [5.74, 6) is 3.99. The van der Waals surface area contributed by atoms with Gasteiger partial charge in [0, 0.05) is 24.6 Å². The molecule has 21 heavy (non-hydrogen) atoms. The zero-order chi connectivity index (χ0) is 15.6. The zero-order valence-corrected chi connectivity index (χ0v) is 14.4. The summed E-state index contributed by atoms with van der Waals surface area (Å²) in [5, 5.41) is 6.98. The highest BCUT2D eigenvalue weighted by molar-refractivity contribution is 5.57. The van der Waals surface area contributed by atoms with E-state index in [0.29, 0.717) is 11.3 Å². The quantitative estimate of drug-likeness (QED) is 0.790. The van der Waals surface area contributed by atoms with Crippen molar-refractivity contribution in [2.45, 2.75) is 60.3 Å². The Hall–Kier alpha value is -1.32. The molecular formula is C17H30N4. The lowest BCUT2D eigenvalue weighted by atomic mass is 10.1. The number of rotatable bonds is 7. The maximum Gasteiger partial charge on any atom is 0.135 e. The molecule has 0 spiro atoms. The molecule has 1 unspecified atom stereocenters. The van der Waals surface area contributed by atoms with Crippen molar-refractivity contribution in [1.29, 1.82) is 0 Å². The lowest BCUT2D eigenvalue weighted by Gasteiger charge is -2.16. The fraction of sp³-hybridized carbons (Fsp3) is 0.765. The normalized spacial score (nSPS) is 19.7. The van der Waals surface area contributed by atoms with Crippen molar-refractivity contribution in [3.05, 3.63) is 11.4 Å². The van der Waals surface area contributed by atoms with Crippen LogP contribution in [0.1, 0.15) is 64.8 Å². The van der Waals surface area contributed by atoms with Crippen LogP contribution in [0.3, 0.4) is 0 Å². The van der Waals surface area contributed by atoms with Gasteiger partial charge in [0.05, 0.1) is 0 Å². The van der Waals surface area contributed by atoms with Gasteiger partial charge in [-0.05, 0) is 31.1 Å². The molecule has 2 N–H and O–H groups in total. The van der Waals surface area contributed by atoms with Crippen LogP contribution in [0.25, 0.3) is 0 Å². The predicted molar refractivity (Wildman–Crippen MR) is 90.0 cm³/mol. The van der Waals surface area contributed by atoms with Gasteiger partial charge in [-0.3, -0.25) is 0 Å². The van der Waals surface area contributed by atoms with Gasteiger partial charge >= 0.3 is 0 Å². The summed E-state index contributed by atoms with van der Waals surface area (Å²) in [6.07, 6.45) is 2.40. The zero-order valence-electron chi connectivity index (χ0n) is 14.4. The highest BCUT2D eigenvalue weighted by Gasteiger charge is 2.45. The molecule has 0 saturated heterocycles. The van der Waals surface area contributed by atoms with Crippen LogP contribution in [0.2, 0.25) is 0 Å². The Morgan fingerprint density at radius 2 is 1.76 bits per heavy atom. The molecule has 1 atom stereocenters. The van der Waals surface area contributed by atoms with Crippen LogP contribution >= 0.6 is 0 Å². The average molecular weight is 290 g/mol. The molecule has 1 aromatic rings. The minimum Gasteiger partial charge on any atom is -0.370 e. The summed E-state index contributed by atoms with van der Waals surface area (Å²) < 4.78 is 0. The van der Waals surface area contributed by atoms with Gasteiger partial charge in [0.1, 0.15) is 17.5 Å². The summed E-state index contributed by atoms with van der Waals surface area (Å²) >= 11 is 0. The van der Waals surface area contributed by atoms with E-state index >= 15 is 0 Å². The van der Waals surface area contributed by atoms with E-state index in [9.17, 15) is 0 Å². The van der Waals surface area contributed by atoms with Crippen LogP contribution in [0, 0.1) is 18.3 Å². The van der Waals surface area contributed by atoms with E-state index in [4.69, 9.17) is 4.98 Å². The first-order valence-corrected chi connectivity index (χ1v) is 8.21. The molecule has 118 valence electrons. The molecule has 0 aromatic carbocycles. The van der Waals surface area contributed by atoms with Crippen molar-refractivity contribution >= 4 is 11.6 Å². The van der Waals surface area contributed by atoms with Gasteiger partial charge in [0.2, 0.25) is 0 Å². The molecule has 4 nitrogen and oxygen atoms in total. The smallest absolute Gasteiger partial charge is 0.135 e. The molecule has 1 fully saturated rings. The van der Waals surface area contributed by atoms with Gasteiger partial charge in [0.15, 0.2) is 0 Å². The number of hydrogen-bond donors (Lipinski definition) is 2. The van der Waals surface area contributed by atoms with E-state index in [1.165, 1.54) is 6.42 Å². The van der Waals surface area contributed by atoms with Crippen LogP contribution in [0.15, 0.2) is 0 Å². The summed E-state index contributed by atoms with van der Waals surface area (Å²) in [4.78, 5) is 9.40. The fourth-order valence-corrected chi connectivity index (χ4v) is 2.52. The maximum absolute atomic E-state index is 4.73. The van der Waals surface area contributed by atoms with Crippen LogP contribution in [-0.4, -0.2) is 23.1 Å². The minimum absolute atomic E-state index is 0.339. The van der Waals surface area contributed by atoms with Crippen molar-refractivity contribution in [1.82, 2.24) is 9.97 Å². The molecule has 1 aliphatic carbocycles. The molecule has 0 bridgehead atoms. The SMILES string of the molecule is CCCNc1nc(C(C)C)nc(NCC2CC2(C)C)c1C. The van der Waals surface area contributed by atoms with Gasteiger partial charge in [-0.25, -0.2) is 9.97 Å². The Morgan fingerprint density at radius 3 is 2.24 bits per heavy atom. The standard InChI is InChI=1S/C17H30N4/c1-7-8-18-15-12(4)16(21-14(20-15)11(2)3)19-10-13-9-17(13,5)6/h11,13H,7-10H2,1-6H3,(H2,18,19,20,21). The minimum atomic E-state index is 0.339. The molecule has 1 aromatic heterocycles. The van der Waals surface area contributed by atoms with Gasteiger partial charge in [-0.1, -0.05) is 34.6 Å². The van der Waals surface area contributed by atoms with Gasteiger partial charge in [-0.2, -0.15) is 0 Å². The highest BCUT2D eigenvalue weighted by Crippen LogP contribution is 2.51. The first-order chi connectivity index (χ1) is 9.85.